The van der Waals surface area contributed by atoms with Crippen LogP contribution in [0.4, 0.5) is 0 Å². The molecule has 0 saturated heterocycles. The number of aliphatic hydroxyl groups excluding tert-OH is 1. The van der Waals surface area contributed by atoms with E-state index in [1.807, 2.05) is 0 Å². The zero-order valence-electron chi connectivity index (χ0n) is 6.73. The Bertz CT molecular complexity index is 418. The van der Waals surface area contributed by atoms with Gasteiger partial charge >= 0.3 is 0 Å². The third-order valence-corrected chi connectivity index (χ3v) is 2.56. The summed E-state index contributed by atoms with van der Waals surface area (Å²) in [5.74, 6) is 0. The maximum absolute atomic E-state index is 11.1. The van der Waals surface area contributed by atoms with Crippen LogP contribution in [0, 0.1) is 0 Å². The number of rotatable bonds is 2. The van der Waals surface area contributed by atoms with E-state index in [-0.39, 0.29) is 15.9 Å². The molecular formula is C6H7ClN2O3S. The van der Waals surface area contributed by atoms with Gasteiger partial charge in [0.2, 0.25) is 5.28 Å². The summed E-state index contributed by atoms with van der Waals surface area (Å²) < 4.78 is 22.2. The number of sulfone groups is 1. The van der Waals surface area contributed by atoms with Crippen molar-refractivity contribution in [3.8, 4) is 0 Å². The Kier molecular flexibility index (Phi) is 2.84. The molecule has 0 aliphatic rings. The number of aromatic nitrogens is 2. The number of halogens is 1. The highest BCUT2D eigenvalue weighted by atomic mass is 35.5. The molecule has 0 aromatic carbocycles. The summed E-state index contributed by atoms with van der Waals surface area (Å²) in [7, 11) is -3.46. The molecule has 13 heavy (non-hydrogen) atoms. The minimum Gasteiger partial charge on any atom is -0.392 e. The smallest absolute Gasteiger partial charge is 0.223 e. The minimum atomic E-state index is -3.46. The molecule has 0 aliphatic heterocycles. The molecule has 0 bridgehead atoms. The van der Waals surface area contributed by atoms with E-state index in [1.165, 1.54) is 6.20 Å². The van der Waals surface area contributed by atoms with Crippen molar-refractivity contribution in [3.05, 3.63) is 17.0 Å². The molecule has 5 nitrogen and oxygen atoms in total. The number of hydrogen-bond donors (Lipinski definition) is 1. The van der Waals surface area contributed by atoms with Gasteiger partial charge in [0.05, 0.1) is 6.61 Å². The minimum absolute atomic E-state index is 0.145. The first-order valence-electron chi connectivity index (χ1n) is 3.27. The topological polar surface area (TPSA) is 80.2 Å². The highest BCUT2D eigenvalue weighted by Gasteiger charge is 2.15. The van der Waals surface area contributed by atoms with Gasteiger partial charge in [-0.05, 0) is 11.6 Å². The van der Waals surface area contributed by atoms with E-state index < -0.39 is 16.4 Å². The van der Waals surface area contributed by atoms with E-state index >= 15 is 0 Å². The molecule has 0 unspecified atom stereocenters. The standard InChI is InChI=1S/C6H7ClN2O3S/c1-13(11,12)5-4(3-10)2-8-6(7)9-5/h2,10H,3H2,1H3. The Morgan fingerprint density at radius 1 is 1.62 bits per heavy atom. The predicted molar refractivity (Wildman–Crippen MR) is 46.1 cm³/mol. The van der Waals surface area contributed by atoms with E-state index in [4.69, 9.17) is 16.7 Å². The average Bonchev–Trinajstić information content (AvgIpc) is 2.03. The molecule has 0 atom stereocenters. The Balaban J connectivity index is 3.41. The van der Waals surface area contributed by atoms with Crippen LogP contribution in [0.1, 0.15) is 5.56 Å². The van der Waals surface area contributed by atoms with Gasteiger partial charge in [0, 0.05) is 18.0 Å². The molecule has 1 N–H and O–H groups in total. The van der Waals surface area contributed by atoms with Crippen LogP contribution in [-0.2, 0) is 16.4 Å². The van der Waals surface area contributed by atoms with Crippen LogP contribution in [-0.4, -0.2) is 29.7 Å². The molecule has 1 aromatic heterocycles. The molecule has 0 amide bonds. The number of nitrogens with zero attached hydrogens (tertiary/aromatic N) is 2. The third kappa shape index (κ3) is 2.36. The second kappa shape index (κ2) is 3.57. The van der Waals surface area contributed by atoms with Crippen LogP contribution in [0.15, 0.2) is 11.2 Å². The lowest BCUT2D eigenvalue weighted by atomic mass is 10.4. The van der Waals surface area contributed by atoms with Crippen molar-refractivity contribution in [2.45, 2.75) is 11.6 Å². The van der Waals surface area contributed by atoms with Crippen LogP contribution >= 0.6 is 11.6 Å². The Morgan fingerprint density at radius 3 is 2.69 bits per heavy atom. The van der Waals surface area contributed by atoms with E-state index in [9.17, 15) is 8.42 Å². The van der Waals surface area contributed by atoms with Crippen molar-refractivity contribution in [1.82, 2.24) is 9.97 Å². The van der Waals surface area contributed by atoms with E-state index in [1.54, 1.807) is 0 Å². The lowest BCUT2D eigenvalue weighted by Crippen LogP contribution is -2.06. The van der Waals surface area contributed by atoms with Gasteiger partial charge in [-0.3, -0.25) is 0 Å². The van der Waals surface area contributed by atoms with Crippen molar-refractivity contribution in [3.63, 3.8) is 0 Å². The van der Waals surface area contributed by atoms with Crippen LogP contribution < -0.4 is 0 Å². The van der Waals surface area contributed by atoms with Gasteiger partial charge in [0.15, 0.2) is 14.9 Å². The Morgan fingerprint density at radius 2 is 2.23 bits per heavy atom. The zero-order chi connectivity index (χ0) is 10.1. The highest BCUT2D eigenvalue weighted by molar-refractivity contribution is 7.90. The second-order valence-corrected chi connectivity index (χ2v) is 4.67. The maximum atomic E-state index is 11.1. The van der Waals surface area contributed by atoms with Crippen LogP contribution in [0.2, 0.25) is 5.28 Å². The molecule has 1 rings (SSSR count). The molecule has 1 heterocycles. The fourth-order valence-electron chi connectivity index (χ4n) is 0.800. The van der Waals surface area contributed by atoms with Gasteiger partial charge in [-0.1, -0.05) is 0 Å². The van der Waals surface area contributed by atoms with Crippen LogP contribution in [0.3, 0.4) is 0 Å². The zero-order valence-corrected chi connectivity index (χ0v) is 8.30. The van der Waals surface area contributed by atoms with Gasteiger partial charge in [-0.2, -0.15) is 0 Å². The average molecular weight is 223 g/mol. The number of hydrogen-bond acceptors (Lipinski definition) is 5. The first-order chi connectivity index (χ1) is 5.95. The van der Waals surface area contributed by atoms with Gasteiger partial charge in [-0.15, -0.1) is 0 Å². The number of aliphatic hydroxyl groups is 1. The molecule has 7 heteroatoms. The largest absolute Gasteiger partial charge is 0.392 e. The lowest BCUT2D eigenvalue weighted by Gasteiger charge is -2.02. The van der Waals surface area contributed by atoms with Crippen molar-refractivity contribution in [2.24, 2.45) is 0 Å². The SMILES string of the molecule is CS(=O)(=O)c1nc(Cl)ncc1CO. The normalized spacial score (nSPS) is 11.6. The lowest BCUT2D eigenvalue weighted by molar-refractivity contribution is 0.277. The molecule has 0 fully saturated rings. The van der Waals surface area contributed by atoms with Crippen molar-refractivity contribution in [2.75, 3.05) is 6.26 Å². The molecule has 0 saturated carbocycles. The molecule has 0 aliphatic carbocycles. The van der Waals surface area contributed by atoms with Crippen LogP contribution in [0.5, 0.6) is 0 Å². The summed E-state index contributed by atoms with van der Waals surface area (Å²) in [5, 5.41) is 8.40. The van der Waals surface area contributed by atoms with Gasteiger partial charge in [0.1, 0.15) is 0 Å². The monoisotopic (exact) mass is 222 g/mol. The van der Waals surface area contributed by atoms with Crippen molar-refractivity contribution >= 4 is 21.4 Å². The molecule has 0 spiro atoms. The fraction of sp³-hybridized carbons (Fsp3) is 0.333. The Labute approximate surface area is 80.3 Å². The third-order valence-electron chi connectivity index (χ3n) is 1.32. The van der Waals surface area contributed by atoms with Gasteiger partial charge < -0.3 is 5.11 Å². The van der Waals surface area contributed by atoms with Gasteiger partial charge in [-0.25, -0.2) is 18.4 Å². The molecule has 1 aromatic rings. The molecule has 72 valence electrons. The van der Waals surface area contributed by atoms with E-state index in [0.717, 1.165) is 6.26 Å². The summed E-state index contributed by atoms with van der Waals surface area (Å²) >= 11 is 5.41. The first kappa shape index (κ1) is 10.4. The van der Waals surface area contributed by atoms with Crippen molar-refractivity contribution < 1.29 is 13.5 Å². The fourth-order valence-corrected chi connectivity index (χ4v) is 1.83. The van der Waals surface area contributed by atoms with Gasteiger partial charge in [0.25, 0.3) is 0 Å². The first-order valence-corrected chi connectivity index (χ1v) is 5.54. The summed E-state index contributed by atoms with van der Waals surface area (Å²) in [6.07, 6.45) is 2.18. The van der Waals surface area contributed by atoms with Crippen LogP contribution in [0.25, 0.3) is 0 Å². The summed E-state index contributed by atoms with van der Waals surface area (Å²) in [4.78, 5) is 7.08. The summed E-state index contributed by atoms with van der Waals surface area (Å²) in [6.45, 7) is -0.431. The highest BCUT2D eigenvalue weighted by Crippen LogP contribution is 2.13. The van der Waals surface area contributed by atoms with E-state index in [2.05, 4.69) is 9.97 Å². The predicted octanol–water partition coefficient (Wildman–Crippen LogP) is 0.0258. The Hall–Kier alpha value is -0.720. The summed E-state index contributed by atoms with van der Waals surface area (Å²) in [5.41, 5.74) is 0.145. The molecule has 0 radical (unpaired) electrons. The van der Waals surface area contributed by atoms with E-state index in [0.29, 0.717) is 0 Å². The quantitative estimate of drug-likeness (QED) is 0.564. The molecular weight excluding hydrogens is 216 g/mol. The second-order valence-electron chi connectivity index (χ2n) is 2.40. The summed E-state index contributed by atoms with van der Waals surface area (Å²) in [6, 6.07) is 0. The maximum Gasteiger partial charge on any atom is 0.223 e. The van der Waals surface area contributed by atoms with Crippen molar-refractivity contribution in [1.29, 1.82) is 0 Å².